The number of halogens is 1. The van der Waals surface area contributed by atoms with Gasteiger partial charge in [-0.25, -0.2) is 8.42 Å². The van der Waals surface area contributed by atoms with E-state index in [1.54, 1.807) is 37.4 Å². The molecule has 0 atom stereocenters. The first kappa shape index (κ1) is 22.8. The fraction of sp³-hybridized carbons (Fsp3) is 0.125. The van der Waals surface area contributed by atoms with Gasteiger partial charge in [-0.2, -0.15) is 0 Å². The van der Waals surface area contributed by atoms with E-state index in [0.717, 1.165) is 17.4 Å². The third-order valence-electron chi connectivity index (χ3n) is 5.09. The van der Waals surface area contributed by atoms with Crippen LogP contribution in [0, 0.1) is 0 Å². The number of benzene rings is 3. The molecule has 2 N–H and O–H groups in total. The highest BCUT2D eigenvalue weighted by molar-refractivity contribution is 7.92. The maximum atomic E-state index is 12.8. The van der Waals surface area contributed by atoms with Gasteiger partial charge in [-0.3, -0.25) is 9.52 Å². The first-order valence-corrected chi connectivity index (χ1v) is 12.0. The Morgan fingerprint density at radius 1 is 1.03 bits per heavy atom. The summed E-state index contributed by atoms with van der Waals surface area (Å²) in [5.74, 6) is -0.414. The first-order chi connectivity index (χ1) is 15.9. The Hall–Kier alpha value is -3.33. The zero-order valence-electron chi connectivity index (χ0n) is 17.8. The quantitative estimate of drug-likeness (QED) is 0.369. The van der Waals surface area contributed by atoms with Gasteiger partial charge < -0.3 is 14.6 Å². The molecule has 170 valence electrons. The van der Waals surface area contributed by atoms with Crippen LogP contribution < -0.4 is 10.0 Å². The molecule has 0 bridgehead atoms. The summed E-state index contributed by atoms with van der Waals surface area (Å²) in [5, 5.41) is 4.09. The molecular formula is C24H22ClN3O4S. The molecule has 1 aromatic heterocycles. The maximum absolute atomic E-state index is 12.8. The third kappa shape index (κ3) is 5.19. The lowest BCUT2D eigenvalue weighted by atomic mass is 10.2. The predicted molar refractivity (Wildman–Crippen MR) is 130 cm³/mol. The van der Waals surface area contributed by atoms with Crippen LogP contribution in [0.5, 0.6) is 0 Å². The van der Waals surface area contributed by atoms with Gasteiger partial charge in [-0.15, -0.1) is 0 Å². The smallest absolute Gasteiger partial charge is 0.261 e. The van der Waals surface area contributed by atoms with E-state index in [0.29, 0.717) is 12.3 Å². The van der Waals surface area contributed by atoms with E-state index in [4.69, 9.17) is 16.3 Å². The Morgan fingerprint density at radius 2 is 1.85 bits per heavy atom. The summed E-state index contributed by atoms with van der Waals surface area (Å²) in [6.07, 6.45) is 1.97. The van der Waals surface area contributed by atoms with Crippen molar-refractivity contribution in [2.45, 2.75) is 11.4 Å². The lowest BCUT2D eigenvalue weighted by molar-refractivity contribution is 0.102. The third-order valence-corrected chi connectivity index (χ3v) is 6.78. The minimum absolute atomic E-state index is 0.0410. The molecule has 0 unspecified atom stereocenters. The second-order valence-electron chi connectivity index (χ2n) is 7.34. The monoisotopic (exact) mass is 483 g/mol. The number of carbonyl (C=O) groups excluding carboxylic acids is 1. The van der Waals surface area contributed by atoms with Crippen LogP contribution in [0.1, 0.15) is 10.4 Å². The zero-order chi connectivity index (χ0) is 23.4. The molecule has 9 heteroatoms. The lowest BCUT2D eigenvalue weighted by Gasteiger charge is -2.11. The van der Waals surface area contributed by atoms with Gasteiger partial charge in [0.2, 0.25) is 0 Å². The van der Waals surface area contributed by atoms with Gasteiger partial charge in [-0.1, -0.05) is 29.8 Å². The standard InChI is InChI=1S/C24H22ClN3O4S/c1-32-14-13-28-12-11-17-15-19(9-10-23(17)28)26-24(29)18-5-4-6-20(16-18)33(30,31)27-22-8-3-2-7-21(22)25/h2-12,15-16,27H,13-14H2,1H3,(H,26,29). The molecule has 0 aliphatic heterocycles. The molecule has 0 radical (unpaired) electrons. The van der Waals surface area contributed by atoms with Crippen molar-refractivity contribution in [3.8, 4) is 0 Å². The van der Waals surface area contributed by atoms with E-state index in [1.807, 2.05) is 30.5 Å². The van der Waals surface area contributed by atoms with E-state index in [2.05, 4.69) is 14.6 Å². The molecule has 0 fully saturated rings. The van der Waals surface area contributed by atoms with E-state index in [1.165, 1.54) is 18.2 Å². The molecule has 4 aromatic rings. The van der Waals surface area contributed by atoms with Gasteiger partial charge in [0.05, 0.1) is 22.2 Å². The summed E-state index contributed by atoms with van der Waals surface area (Å²) in [5.41, 5.74) is 2.12. The van der Waals surface area contributed by atoms with E-state index >= 15 is 0 Å². The van der Waals surface area contributed by atoms with Gasteiger partial charge in [0, 0.05) is 42.0 Å². The molecule has 0 aliphatic rings. The number of aromatic nitrogens is 1. The van der Waals surface area contributed by atoms with Gasteiger partial charge in [0.1, 0.15) is 0 Å². The predicted octanol–water partition coefficient (Wildman–Crippen LogP) is 4.99. The van der Waals surface area contributed by atoms with E-state index in [9.17, 15) is 13.2 Å². The van der Waals surface area contributed by atoms with Crippen molar-refractivity contribution < 1.29 is 17.9 Å². The Labute approximate surface area is 197 Å². The lowest BCUT2D eigenvalue weighted by Crippen LogP contribution is -2.16. The summed E-state index contributed by atoms with van der Waals surface area (Å²) in [6.45, 7) is 1.34. The van der Waals surface area contributed by atoms with Crippen molar-refractivity contribution in [3.05, 3.63) is 89.6 Å². The summed E-state index contributed by atoms with van der Waals surface area (Å²) >= 11 is 6.06. The zero-order valence-corrected chi connectivity index (χ0v) is 19.4. The Balaban J connectivity index is 1.52. The number of rotatable bonds is 8. The normalized spacial score (nSPS) is 11.5. The topological polar surface area (TPSA) is 89.4 Å². The molecule has 7 nitrogen and oxygen atoms in total. The molecule has 0 saturated carbocycles. The second kappa shape index (κ2) is 9.66. The van der Waals surface area contributed by atoms with Crippen LogP contribution in [0.3, 0.4) is 0 Å². The SMILES string of the molecule is COCCn1ccc2cc(NC(=O)c3cccc(S(=O)(=O)Nc4ccccc4Cl)c3)ccc21. The number of hydrogen-bond acceptors (Lipinski definition) is 4. The van der Waals surface area contributed by atoms with E-state index in [-0.39, 0.29) is 21.2 Å². The number of fused-ring (bicyclic) bond motifs is 1. The van der Waals surface area contributed by atoms with Crippen molar-refractivity contribution in [2.24, 2.45) is 0 Å². The number of anilines is 2. The number of amides is 1. The van der Waals surface area contributed by atoms with Crippen molar-refractivity contribution >= 4 is 49.8 Å². The van der Waals surface area contributed by atoms with Crippen LogP contribution in [0.15, 0.2) is 83.9 Å². The Morgan fingerprint density at radius 3 is 2.64 bits per heavy atom. The largest absolute Gasteiger partial charge is 0.383 e. The van der Waals surface area contributed by atoms with Gasteiger partial charge in [0.25, 0.3) is 15.9 Å². The van der Waals surface area contributed by atoms with Crippen LogP contribution in [0.25, 0.3) is 10.9 Å². The molecule has 0 saturated heterocycles. The number of carbonyl (C=O) groups is 1. The molecule has 0 spiro atoms. The highest BCUT2D eigenvalue weighted by Crippen LogP contribution is 2.25. The van der Waals surface area contributed by atoms with Crippen molar-refractivity contribution in [1.82, 2.24) is 4.57 Å². The number of sulfonamides is 1. The van der Waals surface area contributed by atoms with Crippen LogP contribution in [0.2, 0.25) is 5.02 Å². The summed E-state index contributed by atoms with van der Waals surface area (Å²) < 4.78 is 35.3. The van der Waals surface area contributed by atoms with Gasteiger partial charge in [0.15, 0.2) is 0 Å². The fourth-order valence-electron chi connectivity index (χ4n) is 3.42. The number of ether oxygens (including phenoxy) is 1. The Bertz CT molecular complexity index is 1420. The second-order valence-corrected chi connectivity index (χ2v) is 9.43. The van der Waals surface area contributed by atoms with Crippen LogP contribution in [-0.2, 0) is 21.3 Å². The highest BCUT2D eigenvalue weighted by atomic mass is 35.5. The molecule has 33 heavy (non-hydrogen) atoms. The number of para-hydroxylation sites is 1. The van der Waals surface area contributed by atoms with Crippen LogP contribution in [0.4, 0.5) is 11.4 Å². The molecule has 4 rings (SSSR count). The number of methoxy groups -OCH3 is 1. The van der Waals surface area contributed by atoms with Gasteiger partial charge in [-0.05, 0) is 54.6 Å². The average molecular weight is 484 g/mol. The van der Waals surface area contributed by atoms with Crippen molar-refractivity contribution in [2.75, 3.05) is 23.8 Å². The van der Waals surface area contributed by atoms with Gasteiger partial charge >= 0.3 is 0 Å². The number of nitrogens with one attached hydrogen (secondary N) is 2. The van der Waals surface area contributed by atoms with Crippen LogP contribution in [-0.4, -0.2) is 32.6 Å². The summed E-state index contributed by atoms with van der Waals surface area (Å²) in [4.78, 5) is 12.8. The van der Waals surface area contributed by atoms with Crippen LogP contribution >= 0.6 is 11.6 Å². The minimum atomic E-state index is -3.93. The fourth-order valence-corrected chi connectivity index (χ4v) is 4.78. The van der Waals surface area contributed by atoms with E-state index < -0.39 is 15.9 Å². The molecule has 1 heterocycles. The highest BCUT2D eigenvalue weighted by Gasteiger charge is 2.18. The maximum Gasteiger partial charge on any atom is 0.261 e. The average Bonchev–Trinajstić information content (AvgIpc) is 3.21. The number of hydrogen-bond donors (Lipinski definition) is 2. The minimum Gasteiger partial charge on any atom is -0.383 e. The molecular weight excluding hydrogens is 462 g/mol. The number of nitrogens with zero attached hydrogens (tertiary/aromatic N) is 1. The Kier molecular flexibility index (Phi) is 6.69. The van der Waals surface area contributed by atoms with Crippen molar-refractivity contribution in [1.29, 1.82) is 0 Å². The summed E-state index contributed by atoms with van der Waals surface area (Å²) in [7, 11) is -2.27. The first-order valence-electron chi connectivity index (χ1n) is 10.1. The molecule has 0 aliphatic carbocycles. The molecule has 1 amide bonds. The summed E-state index contributed by atoms with van der Waals surface area (Å²) in [6, 6.07) is 19.9. The molecule has 3 aromatic carbocycles. The van der Waals surface area contributed by atoms with Crippen molar-refractivity contribution in [3.63, 3.8) is 0 Å².